The van der Waals surface area contributed by atoms with Crippen molar-refractivity contribution in [1.29, 1.82) is 0 Å². The zero-order valence-corrected chi connectivity index (χ0v) is 9.72. The lowest BCUT2D eigenvalue weighted by Gasteiger charge is -1.95. The molecule has 0 aliphatic carbocycles. The summed E-state index contributed by atoms with van der Waals surface area (Å²) in [7, 11) is 0. The van der Waals surface area contributed by atoms with E-state index in [0.717, 1.165) is 12.1 Å². The highest BCUT2D eigenvalue weighted by Crippen LogP contribution is 2.25. The van der Waals surface area contributed by atoms with Crippen molar-refractivity contribution >= 4 is 5.69 Å². The van der Waals surface area contributed by atoms with Crippen LogP contribution in [0.15, 0.2) is 36.5 Å². The van der Waals surface area contributed by atoms with Gasteiger partial charge in [-0.1, -0.05) is 52.5 Å². The van der Waals surface area contributed by atoms with E-state index in [4.69, 9.17) is 0 Å². The van der Waals surface area contributed by atoms with Crippen molar-refractivity contribution in [1.82, 2.24) is 0 Å². The van der Waals surface area contributed by atoms with Crippen LogP contribution in [0.5, 0.6) is 0 Å². The van der Waals surface area contributed by atoms with Gasteiger partial charge in [0.2, 0.25) is 0 Å². The SMILES string of the molecule is C=C1Cc2ccccc2N1.CC.CC. The molecule has 78 valence electrons. The van der Waals surface area contributed by atoms with E-state index < -0.39 is 0 Å². The van der Waals surface area contributed by atoms with Crippen LogP contribution in [-0.4, -0.2) is 0 Å². The van der Waals surface area contributed by atoms with Crippen LogP contribution in [0.3, 0.4) is 0 Å². The molecule has 0 radical (unpaired) electrons. The molecule has 0 amide bonds. The molecule has 0 fully saturated rings. The van der Waals surface area contributed by atoms with Crippen molar-refractivity contribution in [3.05, 3.63) is 42.1 Å². The number of benzene rings is 1. The standard InChI is InChI=1S/C9H9N.2C2H6/c1-7-6-8-4-2-3-5-9(8)10-7;2*1-2/h2-5,10H,1,6H2;2*1-2H3. The molecule has 0 saturated heterocycles. The fourth-order valence-electron chi connectivity index (χ4n) is 1.26. The largest absolute Gasteiger partial charge is 0.359 e. The van der Waals surface area contributed by atoms with E-state index in [-0.39, 0.29) is 0 Å². The van der Waals surface area contributed by atoms with E-state index in [9.17, 15) is 0 Å². The van der Waals surface area contributed by atoms with Crippen LogP contribution in [-0.2, 0) is 6.42 Å². The van der Waals surface area contributed by atoms with Gasteiger partial charge in [-0.2, -0.15) is 0 Å². The molecule has 0 saturated carbocycles. The van der Waals surface area contributed by atoms with Crippen molar-refractivity contribution in [3.8, 4) is 0 Å². The third-order valence-corrected chi connectivity index (χ3v) is 1.73. The number of hydrogen-bond donors (Lipinski definition) is 1. The second-order valence-corrected chi connectivity index (χ2v) is 2.56. The Morgan fingerprint density at radius 3 is 2.21 bits per heavy atom. The maximum atomic E-state index is 3.86. The molecule has 14 heavy (non-hydrogen) atoms. The highest BCUT2D eigenvalue weighted by atomic mass is 14.9. The van der Waals surface area contributed by atoms with Gasteiger partial charge in [0.05, 0.1) is 0 Å². The topological polar surface area (TPSA) is 12.0 Å². The minimum absolute atomic E-state index is 0.982. The van der Waals surface area contributed by atoms with Gasteiger partial charge in [-0.3, -0.25) is 0 Å². The summed E-state index contributed by atoms with van der Waals surface area (Å²) in [5, 5.41) is 3.20. The Kier molecular flexibility index (Phi) is 6.55. The van der Waals surface area contributed by atoms with Crippen LogP contribution in [0.25, 0.3) is 0 Å². The molecule has 1 heterocycles. The van der Waals surface area contributed by atoms with Gasteiger partial charge in [0.25, 0.3) is 0 Å². The summed E-state index contributed by atoms with van der Waals surface area (Å²) in [6.45, 7) is 11.9. The monoisotopic (exact) mass is 191 g/mol. The lowest BCUT2D eigenvalue weighted by Crippen LogP contribution is -1.86. The van der Waals surface area contributed by atoms with Crippen LogP contribution >= 0.6 is 0 Å². The predicted molar refractivity (Wildman–Crippen MR) is 65.6 cm³/mol. The lowest BCUT2D eigenvalue weighted by atomic mass is 10.2. The molecule has 1 nitrogen and oxygen atoms in total. The maximum Gasteiger partial charge on any atom is 0.0418 e. The first-order valence-electron chi connectivity index (χ1n) is 5.39. The number of nitrogens with one attached hydrogen (secondary N) is 1. The van der Waals surface area contributed by atoms with Gasteiger partial charge < -0.3 is 5.32 Å². The third-order valence-electron chi connectivity index (χ3n) is 1.73. The molecular formula is C13H21N. The second-order valence-electron chi connectivity index (χ2n) is 2.56. The van der Waals surface area contributed by atoms with E-state index in [1.165, 1.54) is 11.3 Å². The van der Waals surface area contributed by atoms with Gasteiger partial charge in [0.15, 0.2) is 0 Å². The number of para-hydroxylation sites is 1. The number of rotatable bonds is 0. The zero-order chi connectivity index (χ0) is 11.0. The Balaban J connectivity index is 0.000000379. The van der Waals surface area contributed by atoms with Gasteiger partial charge >= 0.3 is 0 Å². The highest BCUT2D eigenvalue weighted by Gasteiger charge is 2.10. The number of fused-ring (bicyclic) bond motifs is 1. The Labute approximate surface area is 87.9 Å². The van der Waals surface area contributed by atoms with Crippen molar-refractivity contribution in [2.75, 3.05) is 5.32 Å². The second kappa shape index (κ2) is 7.19. The zero-order valence-electron chi connectivity index (χ0n) is 9.72. The van der Waals surface area contributed by atoms with Crippen LogP contribution in [0.4, 0.5) is 5.69 Å². The molecule has 1 aromatic rings. The van der Waals surface area contributed by atoms with Crippen molar-refractivity contribution in [2.45, 2.75) is 34.1 Å². The van der Waals surface area contributed by atoms with E-state index >= 15 is 0 Å². The Morgan fingerprint density at radius 1 is 1.07 bits per heavy atom. The fraction of sp³-hybridized carbons (Fsp3) is 0.385. The number of anilines is 1. The smallest absolute Gasteiger partial charge is 0.0418 e. The van der Waals surface area contributed by atoms with Crippen LogP contribution in [0, 0.1) is 0 Å². The molecule has 0 spiro atoms. The molecule has 0 unspecified atom stereocenters. The molecule has 0 bridgehead atoms. The average molecular weight is 191 g/mol. The van der Waals surface area contributed by atoms with Gasteiger partial charge in [-0.15, -0.1) is 0 Å². The van der Waals surface area contributed by atoms with Crippen molar-refractivity contribution in [3.63, 3.8) is 0 Å². The summed E-state index contributed by atoms with van der Waals surface area (Å²) in [5.74, 6) is 0. The summed E-state index contributed by atoms with van der Waals surface area (Å²) in [4.78, 5) is 0. The highest BCUT2D eigenvalue weighted by molar-refractivity contribution is 5.61. The Morgan fingerprint density at radius 2 is 1.64 bits per heavy atom. The third kappa shape index (κ3) is 3.25. The molecule has 2 rings (SSSR count). The Bertz CT molecular complexity index is 249. The normalized spacial score (nSPS) is 11.3. The minimum Gasteiger partial charge on any atom is -0.359 e. The van der Waals surface area contributed by atoms with E-state index in [2.05, 4.69) is 30.1 Å². The molecule has 0 aromatic heterocycles. The molecule has 0 atom stereocenters. The van der Waals surface area contributed by atoms with Crippen LogP contribution < -0.4 is 5.32 Å². The summed E-state index contributed by atoms with van der Waals surface area (Å²) in [6.07, 6.45) is 0.982. The molecule has 1 aliphatic heterocycles. The van der Waals surface area contributed by atoms with Gasteiger partial charge in [0, 0.05) is 17.8 Å². The summed E-state index contributed by atoms with van der Waals surface area (Å²) < 4.78 is 0. The van der Waals surface area contributed by atoms with Crippen LogP contribution in [0.1, 0.15) is 33.3 Å². The first kappa shape index (κ1) is 12.8. The summed E-state index contributed by atoms with van der Waals surface area (Å²) >= 11 is 0. The number of allylic oxidation sites excluding steroid dienone is 1. The lowest BCUT2D eigenvalue weighted by molar-refractivity contribution is 1.26. The Hall–Kier alpha value is -1.24. The van der Waals surface area contributed by atoms with Gasteiger partial charge in [0.1, 0.15) is 0 Å². The number of hydrogen-bond acceptors (Lipinski definition) is 1. The molecule has 1 aliphatic rings. The summed E-state index contributed by atoms with van der Waals surface area (Å²) in [6, 6.07) is 8.29. The molecule has 1 heteroatoms. The summed E-state index contributed by atoms with van der Waals surface area (Å²) in [5.41, 5.74) is 3.67. The van der Waals surface area contributed by atoms with Gasteiger partial charge in [-0.25, -0.2) is 0 Å². The minimum atomic E-state index is 0.982. The molecule has 1 aromatic carbocycles. The quantitative estimate of drug-likeness (QED) is 0.647. The molecular weight excluding hydrogens is 170 g/mol. The van der Waals surface area contributed by atoms with Crippen LogP contribution in [0.2, 0.25) is 0 Å². The van der Waals surface area contributed by atoms with E-state index in [1.54, 1.807) is 0 Å². The fourth-order valence-corrected chi connectivity index (χ4v) is 1.26. The maximum absolute atomic E-state index is 3.86. The molecule has 1 N–H and O–H groups in total. The van der Waals surface area contributed by atoms with E-state index in [1.807, 2.05) is 33.8 Å². The van der Waals surface area contributed by atoms with E-state index in [0.29, 0.717) is 0 Å². The van der Waals surface area contributed by atoms with Gasteiger partial charge in [-0.05, 0) is 11.6 Å². The van der Waals surface area contributed by atoms with Crippen molar-refractivity contribution < 1.29 is 0 Å². The predicted octanol–water partition coefficient (Wildman–Crippen LogP) is 4.22. The first-order chi connectivity index (χ1) is 6.86. The first-order valence-corrected chi connectivity index (χ1v) is 5.39. The average Bonchev–Trinajstić information content (AvgIpc) is 2.64. The van der Waals surface area contributed by atoms with Crippen molar-refractivity contribution in [2.24, 2.45) is 0 Å².